The first-order valence-electron chi connectivity index (χ1n) is 5.84. The molecule has 0 N–H and O–H groups in total. The molecule has 1 aromatic rings. The van der Waals surface area contributed by atoms with E-state index in [1.165, 1.54) is 0 Å². The number of hydrogen-bond donors (Lipinski definition) is 0. The molecule has 1 rings (SSSR count). The van der Waals surface area contributed by atoms with E-state index in [1.807, 2.05) is 12.1 Å². The molecule has 1 aromatic heterocycles. The second-order valence-electron chi connectivity index (χ2n) is 3.95. The fourth-order valence-corrected chi connectivity index (χ4v) is 1.67. The topological polar surface area (TPSA) is 49.1 Å². The van der Waals surface area contributed by atoms with E-state index >= 15 is 0 Å². The van der Waals surface area contributed by atoms with Gasteiger partial charge in [-0.2, -0.15) is 5.26 Å². The summed E-state index contributed by atoms with van der Waals surface area (Å²) >= 11 is 0. The van der Waals surface area contributed by atoms with Gasteiger partial charge in [-0.1, -0.05) is 6.92 Å². The summed E-state index contributed by atoms with van der Waals surface area (Å²) in [5, 5.41) is 8.86. The molecule has 0 spiro atoms. The minimum Gasteiger partial charge on any atom is -0.383 e. The molecule has 0 saturated heterocycles. The van der Waals surface area contributed by atoms with Gasteiger partial charge >= 0.3 is 0 Å². The van der Waals surface area contributed by atoms with Gasteiger partial charge in [0, 0.05) is 31.6 Å². The number of anilines is 1. The fourth-order valence-electron chi connectivity index (χ4n) is 1.67. The molecule has 0 amide bonds. The smallest absolute Gasteiger partial charge is 0.142 e. The Balaban J connectivity index is 2.91. The highest BCUT2D eigenvalue weighted by Gasteiger charge is 2.13. The van der Waals surface area contributed by atoms with Gasteiger partial charge in [-0.3, -0.25) is 0 Å². The van der Waals surface area contributed by atoms with Crippen molar-refractivity contribution < 1.29 is 4.74 Å². The van der Waals surface area contributed by atoms with Gasteiger partial charge < -0.3 is 9.64 Å². The van der Waals surface area contributed by atoms with Crippen LogP contribution in [0.5, 0.6) is 0 Å². The molecule has 0 radical (unpaired) electrons. The Hall–Kier alpha value is -1.60. The van der Waals surface area contributed by atoms with Crippen LogP contribution < -0.4 is 4.90 Å². The molecule has 4 heteroatoms. The van der Waals surface area contributed by atoms with E-state index in [2.05, 4.69) is 29.8 Å². The normalized spacial score (nSPS) is 11.9. The van der Waals surface area contributed by atoms with Gasteiger partial charge in [-0.25, -0.2) is 4.98 Å². The zero-order valence-corrected chi connectivity index (χ0v) is 10.7. The third-order valence-electron chi connectivity index (χ3n) is 2.85. The molecule has 0 aliphatic carbocycles. The Labute approximate surface area is 103 Å². The zero-order valence-electron chi connectivity index (χ0n) is 10.7. The van der Waals surface area contributed by atoms with Gasteiger partial charge in [0.2, 0.25) is 0 Å². The molecular weight excluding hydrogens is 214 g/mol. The Kier molecular flexibility index (Phi) is 5.44. The van der Waals surface area contributed by atoms with Crippen molar-refractivity contribution in [3.8, 4) is 6.07 Å². The van der Waals surface area contributed by atoms with E-state index in [1.54, 1.807) is 13.3 Å². The third kappa shape index (κ3) is 3.72. The highest BCUT2D eigenvalue weighted by atomic mass is 16.5. The van der Waals surface area contributed by atoms with Crippen LogP contribution in [-0.2, 0) is 4.74 Å². The quantitative estimate of drug-likeness (QED) is 0.755. The van der Waals surface area contributed by atoms with Crippen molar-refractivity contribution in [2.75, 3.05) is 25.2 Å². The first-order chi connectivity index (χ1) is 8.22. The summed E-state index contributed by atoms with van der Waals surface area (Å²) in [6, 6.07) is 6.24. The predicted molar refractivity (Wildman–Crippen MR) is 67.9 cm³/mol. The minimum atomic E-state index is 0.416. The molecule has 1 unspecified atom stereocenters. The number of aromatic nitrogens is 1. The molecule has 1 atom stereocenters. The first-order valence-corrected chi connectivity index (χ1v) is 5.84. The maximum Gasteiger partial charge on any atom is 0.142 e. The summed E-state index contributed by atoms with van der Waals surface area (Å²) in [6.07, 6.45) is 2.73. The van der Waals surface area contributed by atoms with Gasteiger partial charge in [-0.05, 0) is 25.5 Å². The molecular formula is C13H19N3O. The second-order valence-corrected chi connectivity index (χ2v) is 3.95. The van der Waals surface area contributed by atoms with Crippen LogP contribution in [0.2, 0.25) is 0 Å². The first kappa shape index (κ1) is 13.5. The Bertz CT molecular complexity index is 386. The summed E-state index contributed by atoms with van der Waals surface area (Å²) < 4.78 is 5.12. The number of methoxy groups -OCH3 is 1. The molecule has 0 aromatic carbocycles. The summed E-state index contributed by atoms with van der Waals surface area (Å²) in [5.41, 5.74) is 1.48. The average Bonchev–Trinajstić information content (AvgIpc) is 2.39. The van der Waals surface area contributed by atoms with Crippen LogP contribution in [-0.4, -0.2) is 31.3 Å². The van der Waals surface area contributed by atoms with Crippen molar-refractivity contribution in [1.82, 2.24) is 4.98 Å². The lowest BCUT2D eigenvalue weighted by molar-refractivity contribution is 0.203. The molecule has 0 bridgehead atoms. The molecule has 4 nitrogen and oxygen atoms in total. The maximum absolute atomic E-state index is 8.86. The molecule has 0 saturated carbocycles. The number of ether oxygens (including phenoxy) is 1. The molecule has 1 heterocycles. The lowest BCUT2D eigenvalue weighted by Gasteiger charge is -2.30. The lowest BCUT2D eigenvalue weighted by atomic mass is 10.2. The van der Waals surface area contributed by atoms with E-state index in [9.17, 15) is 0 Å². The SMILES string of the molecule is CCC(C)N(CCOC)c1ccnc(C#N)c1. The van der Waals surface area contributed by atoms with Crippen LogP contribution in [0.25, 0.3) is 0 Å². The molecule has 92 valence electrons. The monoisotopic (exact) mass is 233 g/mol. The number of nitriles is 1. The third-order valence-corrected chi connectivity index (χ3v) is 2.85. The van der Waals surface area contributed by atoms with Gasteiger partial charge in [0.1, 0.15) is 11.8 Å². The largest absolute Gasteiger partial charge is 0.383 e. The number of hydrogen-bond acceptors (Lipinski definition) is 4. The van der Waals surface area contributed by atoms with Gasteiger partial charge in [0.05, 0.1) is 6.61 Å². The van der Waals surface area contributed by atoms with E-state index in [4.69, 9.17) is 10.00 Å². The van der Waals surface area contributed by atoms with Crippen molar-refractivity contribution >= 4 is 5.69 Å². The number of nitrogens with zero attached hydrogens (tertiary/aromatic N) is 3. The van der Waals surface area contributed by atoms with Crippen molar-refractivity contribution in [3.05, 3.63) is 24.0 Å². The van der Waals surface area contributed by atoms with Gasteiger partial charge in [-0.15, -0.1) is 0 Å². The van der Waals surface area contributed by atoms with Crippen molar-refractivity contribution in [2.45, 2.75) is 26.3 Å². The Morgan fingerprint density at radius 2 is 2.35 bits per heavy atom. The number of pyridine rings is 1. The molecule has 0 aliphatic rings. The predicted octanol–water partition coefficient (Wildman–Crippen LogP) is 2.20. The summed E-state index contributed by atoms with van der Waals surface area (Å²) in [5.74, 6) is 0. The fraction of sp³-hybridized carbons (Fsp3) is 0.538. The standard InChI is InChI=1S/C13H19N3O/c1-4-11(2)16(7-8-17-3)13-5-6-15-12(9-13)10-14/h5-6,9,11H,4,7-8H2,1-3H3. The van der Waals surface area contributed by atoms with Gasteiger partial charge in [0.25, 0.3) is 0 Å². The van der Waals surface area contributed by atoms with Crippen LogP contribution in [0.15, 0.2) is 18.3 Å². The molecule has 17 heavy (non-hydrogen) atoms. The van der Waals surface area contributed by atoms with E-state index in [0.717, 1.165) is 18.7 Å². The van der Waals surface area contributed by atoms with Crippen molar-refractivity contribution in [2.24, 2.45) is 0 Å². The van der Waals surface area contributed by atoms with Crippen molar-refractivity contribution in [3.63, 3.8) is 0 Å². The second kappa shape index (κ2) is 6.87. The minimum absolute atomic E-state index is 0.416. The lowest BCUT2D eigenvalue weighted by Crippen LogP contribution is -2.35. The molecule has 0 aliphatic heterocycles. The van der Waals surface area contributed by atoms with Gasteiger partial charge in [0.15, 0.2) is 0 Å². The van der Waals surface area contributed by atoms with Crippen molar-refractivity contribution in [1.29, 1.82) is 5.26 Å². The van der Waals surface area contributed by atoms with E-state index in [0.29, 0.717) is 18.3 Å². The summed E-state index contributed by atoms with van der Waals surface area (Å²) in [7, 11) is 1.70. The highest BCUT2D eigenvalue weighted by Crippen LogP contribution is 2.18. The summed E-state index contributed by atoms with van der Waals surface area (Å²) in [4.78, 5) is 6.23. The van der Waals surface area contributed by atoms with E-state index in [-0.39, 0.29) is 0 Å². The van der Waals surface area contributed by atoms with Crippen LogP contribution in [0.3, 0.4) is 0 Å². The van der Waals surface area contributed by atoms with Crippen LogP contribution >= 0.6 is 0 Å². The Morgan fingerprint density at radius 3 is 2.94 bits per heavy atom. The summed E-state index contributed by atoms with van der Waals surface area (Å²) in [6.45, 7) is 5.81. The molecule has 0 fully saturated rings. The van der Waals surface area contributed by atoms with Crippen LogP contribution in [0, 0.1) is 11.3 Å². The Morgan fingerprint density at radius 1 is 1.59 bits per heavy atom. The number of rotatable bonds is 6. The average molecular weight is 233 g/mol. The highest BCUT2D eigenvalue weighted by molar-refractivity contribution is 5.49. The van der Waals surface area contributed by atoms with E-state index < -0.39 is 0 Å². The van der Waals surface area contributed by atoms with Crippen LogP contribution in [0.1, 0.15) is 26.0 Å². The van der Waals surface area contributed by atoms with Crippen LogP contribution in [0.4, 0.5) is 5.69 Å². The zero-order chi connectivity index (χ0) is 12.7. The maximum atomic E-state index is 8.86.